The number of hydrogen-bond donors (Lipinski definition) is 0. The van der Waals surface area contributed by atoms with Gasteiger partial charge in [-0.05, 0) is 38.8 Å². The van der Waals surface area contributed by atoms with Crippen molar-refractivity contribution in [3.63, 3.8) is 0 Å². The van der Waals surface area contributed by atoms with Crippen LogP contribution in [0.25, 0.3) is 0 Å². The first kappa shape index (κ1) is 13.2. The lowest BCUT2D eigenvalue weighted by atomic mass is 10.1. The Labute approximate surface area is 112 Å². The van der Waals surface area contributed by atoms with Gasteiger partial charge >= 0.3 is 5.97 Å². The van der Waals surface area contributed by atoms with Gasteiger partial charge in [0.05, 0.1) is 11.9 Å². The molecule has 0 spiro atoms. The molecule has 1 aromatic heterocycles. The highest BCUT2D eigenvalue weighted by atomic mass is 16.5. The Morgan fingerprint density at radius 1 is 1.00 bits per heavy atom. The first-order valence-electron chi connectivity index (χ1n) is 6.06. The second-order valence-electron chi connectivity index (χ2n) is 4.66. The predicted octanol–water partition coefficient (Wildman–Crippen LogP) is 2.93. The van der Waals surface area contributed by atoms with Crippen LogP contribution in [0, 0.1) is 27.7 Å². The minimum atomic E-state index is -0.484. The van der Waals surface area contributed by atoms with Crippen molar-refractivity contribution < 1.29 is 9.53 Å². The second-order valence-corrected chi connectivity index (χ2v) is 4.66. The second kappa shape index (κ2) is 5.18. The Morgan fingerprint density at radius 3 is 2.16 bits per heavy atom. The molecule has 0 amide bonds. The summed E-state index contributed by atoms with van der Waals surface area (Å²) < 4.78 is 5.42. The van der Waals surface area contributed by atoms with E-state index in [9.17, 15) is 4.79 Å². The van der Waals surface area contributed by atoms with E-state index in [1.54, 1.807) is 6.20 Å². The highest BCUT2D eigenvalue weighted by Gasteiger charge is 2.14. The smallest absolute Gasteiger partial charge is 0.363 e. The van der Waals surface area contributed by atoms with Crippen LogP contribution in [0.3, 0.4) is 0 Å². The van der Waals surface area contributed by atoms with Crippen LogP contribution in [0.5, 0.6) is 5.75 Å². The van der Waals surface area contributed by atoms with Crippen molar-refractivity contribution >= 4 is 5.97 Å². The monoisotopic (exact) mass is 256 g/mol. The molecule has 4 heteroatoms. The van der Waals surface area contributed by atoms with Crippen molar-refractivity contribution in [2.75, 3.05) is 0 Å². The van der Waals surface area contributed by atoms with Crippen LogP contribution in [-0.2, 0) is 0 Å². The van der Waals surface area contributed by atoms with E-state index in [1.165, 1.54) is 6.20 Å². The SMILES string of the molecule is Cc1cc(C)c(OC(=O)c2cnc(C)cn2)c(C)c1. The van der Waals surface area contributed by atoms with Gasteiger partial charge in [0.2, 0.25) is 0 Å². The lowest BCUT2D eigenvalue weighted by molar-refractivity contribution is 0.0725. The molecule has 0 saturated heterocycles. The fourth-order valence-electron chi connectivity index (χ4n) is 1.97. The zero-order valence-corrected chi connectivity index (χ0v) is 11.5. The van der Waals surface area contributed by atoms with E-state index >= 15 is 0 Å². The first-order chi connectivity index (χ1) is 8.97. The summed E-state index contributed by atoms with van der Waals surface area (Å²) in [6.45, 7) is 7.67. The average molecular weight is 256 g/mol. The number of carbonyl (C=O) groups excluding carboxylic acids is 1. The largest absolute Gasteiger partial charge is 0.421 e. The summed E-state index contributed by atoms with van der Waals surface area (Å²) in [5.74, 6) is 0.112. The lowest BCUT2D eigenvalue weighted by Gasteiger charge is -2.11. The van der Waals surface area contributed by atoms with Gasteiger partial charge in [-0.25, -0.2) is 9.78 Å². The van der Waals surface area contributed by atoms with Gasteiger partial charge in [0.1, 0.15) is 5.75 Å². The van der Waals surface area contributed by atoms with E-state index in [1.807, 2.05) is 39.8 Å². The number of ether oxygens (including phenoxy) is 1. The van der Waals surface area contributed by atoms with E-state index in [-0.39, 0.29) is 5.69 Å². The minimum absolute atomic E-state index is 0.213. The van der Waals surface area contributed by atoms with E-state index < -0.39 is 5.97 Å². The third-order valence-corrected chi connectivity index (χ3v) is 2.79. The molecule has 0 fully saturated rings. The number of hydrogen-bond acceptors (Lipinski definition) is 4. The molecule has 1 heterocycles. The van der Waals surface area contributed by atoms with Gasteiger partial charge in [-0.15, -0.1) is 0 Å². The van der Waals surface area contributed by atoms with Crippen LogP contribution in [0.15, 0.2) is 24.5 Å². The quantitative estimate of drug-likeness (QED) is 0.612. The highest BCUT2D eigenvalue weighted by molar-refractivity contribution is 5.89. The van der Waals surface area contributed by atoms with Gasteiger partial charge in [-0.2, -0.15) is 0 Å². The van der Waals surface area contributed by atoms with Crippen LogP contribution in [0.4, 0.5) is 0 Å². The summed E-state index contributed by atoms with van der Waals surface area (Å²) in [5, 5.41) is 0. The summed E-state index contributed by atoms with van der Waals surface area (Å²) in [7, 11) is 0. The maximum absolute atomic E-state index is 12.0. The predicted molar refractivity (Wildman–Crippen MR) is 72.4 cm³/mol. The van der Waals surface area contributed by atoms with Crippen LogP contribution < -0.4 is 4.74 Å². The maximum Gasteiger partial charge on any atom is 0.363 e. The Hall–Kier alpha value is -2.23. The number of aryl methyl sites for hydroxylation is 4. The summed E-state index contributed by atoms with van der Waals surface area (Å²) in [6, 6.07) is 3.97. The molecular weight excluding hydrogens is 240 g/mol. The molecule has 0 aliphatic rings. The van der Waals surface area contributed by atoms with Crippen LogP contribution in [0.2, 0.25) is 0 Å². The Bertz CT molecular complexity index is 596. The van der Waals surface area contributed by atoms with Crippen molar-refractivity contribution in [1.82, 2.24) is 9.97 Å². The molecule has 0 N–H and O–H groups in total. The van der Waals surface area contributed by atoms with Crippen molar-refractivity contribution in [3.05, 3.63) is 52.6 Å². The van der Waals surface area contributed by atoms with Crippen molar-refractivity contribution in [2.45, 2.75) is 27.7 Å². The van der Waals surface area contributed by atoms with Crippen LogP contribution >= 0.6 is 0 Å². The van der Waals surface area contributed by atoms with Crippen molar-refractivity contribution in [2.24, 2.45) is 0 Å². The highest BCUT2D eigenvalue weighted by Crippen LogP contribution is 2.25. The lowest BCUT2D eigenvalue weighted by Crippen LogP contribution is -2.12. The van der Waals surface area contributed by atoms with Gasteiger partial charge in [-0.1, -0.05) is 17.7 Å². The summed E-state index contributed by atoms with van der Waals surface area (Å²) in [4.78, 5) is 20.0. The molecule has 19 heavy (non-hydrogen) atoms. The van der Waals surface area contributed by atoms with Gasteiger partial charge in [0, 0.05) is 6.20 Å². The molecule has 2 rings (SSSR count). The molecule has 2 aromatic rings. The normalized spacial score (nSPS) is 10.3. The number of rotatable bonds is 2. The third-order valence-electron chi connectivity index (χ3n) is 2.79. The van der Waals surface area contributed by atoms with Crippen LogP contribution in [-0.4, -0.2) is 15.9 Å². The molecule has 98 valence electrons. The van der Waals surface area contributed by atoms with Crippen molar-refractivity contribution in [1.29, 1.82) is 0 Å². The first-order valence-corrected chi connectivity index (χ1v) is 6.06. The summed E-state index contributed by atoms with van der Waals surface area (Å²) >= 11 is 0. The molecule has 1 aromatic carbocycles. The van der Waals surface area contributed by atoms with E-state index in [0.717, 1.165) is 22.4 Å². The topological polar surface area (TPSA) is 52.1 Å². The average Bonchev–Trinajstić information content (AvgIpc) is 2.34. The Balaban J connectivity index is 2.26. The maximum atomic E-state index is 12.0. The Morgan fingerprint density at radius 2 is 1.63 bits per heavy atom. The number of nitrogens with zero attached hydrogens (tertiary/aromatic N) is 2. The van der Waals surface area contributed by atoms with Gasteiger partial charge < -0.3 is 4.74 Å². The van der Waals surface area contributed by atoms with E-state index in [4.69, 9.17) is 4.74 Å². The molecular formula is C15H16N2O2. The number of benzene rings is 1. The number of carbonyl (C=O) groups is 1. The van der Waals surface area contributed by atoms with E-state index in [2.05, 4.69) is 9.97 Å². The van der Waals surface area contributed by atoms with E-state index in [0.29, 0.717) is 5.75 Å². The number of esters is 1. The molecule has 0 unspecified atom stereocenters. The molecule has 0 radical (unpaired) electrons. The minimum Gasteiger partial charge on any atom is -0.421 e. The summed E-state index contributed by atoms with van der Waals surface area (Å²) in [6.07, 6.45) is 2.97. The van der Waals surface area contributed by atoms with Gasteiger partial charge in [-0.3, -0.25) is 4.98 Å². The third kappa shape index (κ3) is 2.96. The molecule has 0 aliphatic carbocycles. The fourth-order valence-corrected chi connectivity index (χ4v) is 1.97. The zero-order chi connectivity index (χ0) is 14.0. The molecule has 4 nitrogen and oxygen atoms in total. The van der Waals surface area contributed by atoms with Gasteiger partial charge in [0.25, 0.3) is 0 Å². The molecule has 0 aliphatic heterocycles. The summed E-state index contributed by atoms with van der Waals surface area (Å²) in [5.41, 5.74) is 3.99. The zero-order valence-electron chi connectivity index (χ0n) is 11.5. The fraction of sp³-hybridized carbons (Fsp3) is 0.267. The van der Waals surface area contributed by atoms with Gasteiger partial charge in [0.15, 0.2) is 5.69 Å². The van der Waals surface area contributed by atoms with Crippen LogP contribution in [0.1, 0.15) is 32.9 Å². The standard InChI is InChI=1S/C15H16N2O2/c1-9-5-10(2)14(11(3)6-9)19-15(18)13-8-16-12(4)7-17-13/h5-8H,1-4H3. The molecule has 0 bridgehead atoms. The van der Waals surface area contributed by atoms with Crippen molar-refractivity contribution in [3.8, 4) is 5.75 Å². The molecule has 0 atom stereocenters. The number of aromatic nitrogens is 2. The Kier molecular flexibility index (Phi) is 3.60. The molecule has 0 saturated carbocycles.